The third kappa shape index (κ3) is 3.90. The van der Waals surface area contributed by atoms with Crippen LogP contribution in [0.1, 0.15) is 42.6 Å². The van der Waals surface area contributed by atoms with Crippen molar-refractivity contribution in [3.8, 4) is 0 Å². The van der Waals surface area contributed by atoms with Crippen LogP contribution in [0.25, 0.3) is 10.9 Å². The van der Waals surface area contributed by atoms with Crippen molar-refractivity contribution < 1.29 is 22.4 Å². The van der Waals surface area contributed by atoms with Gasteiger partial charge in [-0.1, -0.05) is 18.2 Å². The lowest BCUT2D eigenvalue weighted by Gasteiger charge is -2.41. The molecular formula is C25H25F4N3O. The van der Waals surface area contributed by atoms with Gasteiger partial charge in [-0.3, -0.25) is 9.69 Å². The number of halogens is 4. The van der Waals surface area contributed by atoms with Gasteiger partial charge in [-0.05, 0) is 37.1 Å². The first-order valence-corrected chi connectivity index (χ1v) is 11.2. The van der Waals surface area contributed by atoms with E-state index in [2.05, 4.69) is 4.98 Å². The number of carbonyl (C=O) groups is 1. The van der Waals surface area contributed by atoms with Crippen LogP contribution < -0.4 is 4.90 Å². The van der Waals surface area contributed by atoms with E-state index < -0.39 is 30.6 Å². The van der Waals surface area contributed by atoms with Gasteiger partial charge in [0.15, 0.2) is 0 Å². The number of benzene rings is 2. The first-order chi connectivity index (χ1) is 15.8. The summed E-state index contributed by atoms with van der Waals surface area (Å²) in [5, 5.41) is 0.941. The van der Waals surface area contributed by atoms with E-state index >= 15 is 8.78 Å². The van der Waals surface area contributed by atoms with Gasteiger partial charge in [-0.25, -0.2) is 17.6 Å². The molecule has 5 rings (SSSR count). The van der Waals surface area contributed by atoms with Crippen LogP contribution in [0.2, 0.25) is 0 Å². The summed E-state index contributed by atoms with van der Waals surface area (Å²) in [7, 11) is 0. The number of carbonyl (C=O) groups excluding carboxylic acids is 1. The van der Waals surface area contributed by atoms with E-state index in [1.54, 1.807) is 4.90 Å². The maximum atomic E-state index is 15.6. The zero-order chi connectivity index (χ0) is 23.3. The Balaban J connectivity index is 1.63. The van der Waals surface area contributed by atoms with E-state index in [-0.39, 0.29) is 17.4 Å². The Labute approximate surface area is 189 Å². The summed E-state index contributed by atoms with van der Waals surface area (Å²) in [6, 6.07) is 8.75. The van der Waals surface area contributed by atoms with Crippen molar-refractivity contribution in [2.45, 2.75) is 44.7 Å². The third-order valence-electron chi connectivity index (χ3n) is 6.89. The van der Waals surface area contributed by atoms with Crippen molar-refractivity contribution in [3.63, 3.8) is 0 Å². The summed E-state index contributed by atoms with van der Waals surface area (Å²) in [6.07, 6.45) is -1.46. The number of rotatable bonds is 4. The molecule has 0 radical (unpaired) electrons. The standard InChI is InChI=1S/C25H25F4N3O/c1-14-10-18-17-4-2-3-5-21(17)30-24(18)25(32(14)13-22(28)29)23-19(26)11-15(12-20(23)27)31-8-6-16(33)7-9-31/h2-5,11-12,14,22,25,30H,6-10,13H2,1H3/t14-,25-/m1/s1. The minimum Gasteiger partial charge on any atom is -0.370 e. The Morgan fingerprint density at radius 1 is 1.09 bits per heavy atom. The van der Waals surface area contributed by atoms with Gasteiger partial charge in [0.1, 0.15) is 17.4 Å². The van der Waals surface area contributed by atoms with Crippen LogP contribution in [0, 0.1) is 11.6 Å². The number of ketones is 1. The molecule has 0 saturated carbocycles. The maximum absolute atomic E-state index is 15.6. The number of aromatic amines is 1. The quantitative estimate of drug-likeness (QED) is 0.544. The lowest BCUT2D eigenvalue weighted by atomic mass is 9.88. The average Bonchev–Trinajstić information content (AvgIpc) is 3.13. The SMILES string of the molecule is C[C@@H]1Cc2c([nH]c3ccccc23)[C@@H](c2c(F)cc(N3CCC(=O)CC3)cc2F)N1CC(F)F. The van der Waals surface area contributed by atoms with Crippen LogP contribution in [0.3, 0.4) is 0 Å². The molecule has 174 valence electrons. The van der Waals surface area contributed by atoms with Gasteiger partial charge >= 0.3 is 0 Å². The molecule has 4 nitrogen and oxygen atoms in total. The second-order valence-electron chi connectivity index (χ2n) is 8.96. The predicted octanol–water partition coefficient (Wildman–Crippen LogP) is 5.22. The van der Waals surface area contributed by atoms with Crippen LogP contribution in [-0.2, 0) is 11.2 Å². The highest BCUT2D eigenvalue weighted by Gasteiger charge is 2.40. The van der Waals surface area contributed by atoms with Gasteiger partial charge in [0.05, 0.1) is 12.6 Å². The number of nitrogens with one attached hydrogen (secondary N) is 1. The molecular weight excluding hydrogens is 434 g/mol. The van der Waals surface area contributed by atoms with Crippen LogP contribution in [0.15, 0.2) is 36.4 Å². The predicted molar refractivity (Wildman–Crippen MR) is 119 cm³/mol. The second-order valence-corrected chi connectivity index (χ2v) is 8.96. The van der Waals surface area contributed by atoms with E-state index in [1.165, 1.54) is 17.0 Å². The smallest absolute Gasteiger partial charge is 0.251 e. The van der Waals surface area contributed by atoms with E-state index in [1.807, 2.05) is 31.2 Å². The molecule has 3 heterocycles. The minimum atomic E-state index is -2.64. The number of H-pyrrole nitrogens is 1. The van der Waals surface area contributed by atoms with Crippen molar-refractivity contribution in [1.82, 2.24) is 9.88 Å². The van der Waals surface area contributed by atoms with Crippen molar-refractivity contribution >= 4 is 22.4 Å². The number of piperidine rings is 1. The second kappa shape index (κ2) is 8.48. The molecule has 1 saturated heterocycles. The Morgan fingerprint density at radius 2 is 1.76 bits per heavy atom. The topological polar surface area (TPSA) is 39.3 Å². The summed E-state index contributed by atoms with van der Waals surface area (Å²) in [5.74, 6) is -1.41. The molecule has 3 aromatic rings. The van der Waals surface area contributed by atoms with Gasteiger partial charge in [-0.15, -0.1) is 0 Å². The molecule has 2 aliphatic heterocycles. The van der Waals surface area contributed by atoms with Crippen LogP contribution in [-0.4, -0.2) is 47.8 Å². The number of nitrogens with zero attached hydrogens (tertiary/aromatic N) is 2. The lowest BCUT2D eigenvalue weighted by molar-refractivity contribution is -0.119. The van der Waals surface area contributed by atoms with Crippen LogP contribution in [0.5, 0.6) is 0 Å². The first kappa shape index (κ1) is 21.9. The number of aromatic nitrogens is 1. The molecule has 1 N–H and O–H groups in total. The highest BCUT2D eigenvalue weighted by atomic mass is 19.3. The van der Waals surface area contributed by atoms with Gasteiger partial charge < -0.3 is 9.88 Å². The number of anilines is 1. The highest BCUT2D eigenvalue weighted by Crippen LogP contribution is 2.43. The molecule has 2 aliphatic rings. The highest BCUT2D eigenvalue weighted by molar-refractivity contribution is 5.85. The van der Waals surface area contributed by atoms with Crippen molar-refractivity contribution in [1.29, 1.82) is 0 Å². The lowest BCUT2D eigenvalue weighted by Crippen LogP contribution is -2.45. The fourth-order valence-corrected chi connectivity index (χ4v) is 5.29. The first-order valence-electron chi connectivity index (χ1n) is 11.2. The Morgan fingerprint density at radius 3 is 2.42 bits per heavy atom. The number of alkyl halides is 2. The van der Waals surface area contributed by atoms with Crippen molar-refractivity contribution in [3.05, 3.63) is 64.9 Å². The van der Waals surface area contributed by atoms with Crippen molar-refractivity contribution in [2.75, 3.05) is 24.5 Å². The third-order valence-corrected chi connectivity index (χ3v) is 6.89. The zero-order valence-electron chi connectivity index (χ0n) is 18.3. The number of para-hydroxylation sites is 1. The molecule has 0 bridgehead atoms. The summed E-state index contributed by atoms with van der Waals surface area (Å²) < 4.78 is 58.2. The molecule has 1 fully saturated rings. The monoisotopic (exact) mass is 459 g/mol. The Hall–Kier alpha value is -2.87. The van der Waals surface area contributed by atoms with E-state index in [0.717, 1.165) is 16.5 Å². The maximum Gasteiger partial charge on any atom is 0.251 e. The molecule has 2 aromatic carbocycles. The van der Waals surface area contributed by atoms with Crippen molar-refractivity contribution in [2.24, 2.45) is 0 Å². The normalized spacial score (nSPS) is 21.8. The number of hydrogen-bond acceptors (Lipinski definition) is 3. The van der Waals surface area contributed by atoms with E-state index in [4.69, 9.17) is 0 Å². The molecule has 2 atom stereocenters. The van der Waals surface area contributed by atoms with E-state index in [0.29, 0.717) is 43.7 Å². The zero-order valence-corrected chi connectivity index (χ0v) is 18.3. The largest absolute Gasteiger partial charge is 0.370 e. The molecule has 0 unspecified atom stereocenters. The summed E-state index contributed by atoms with van der Waals surface area (Å²) >= 11 is 0. The fourth-order valence-electron chi connectivity index (χ4n) is 5.29. The molecule has 8 heteroatoms. The summed E-state index contributed by atoms with van der Waals surface area (Å²) in [6.45, 7) is 2.03. The minimum absolute atomic E-state index is 0.133. The number of Topliss-reactive ketones (excluding diaryl/α,β-unsaturated/α-hetero) is 1. The van der Waals surface area contributed by atoms with Gasteiger partial charge in [0, 0.05) is 59.8 Å². The average molecular weight is 459 g/mol. The molecule has 0 spiro atoms. The summed E-state index contributed by atoms with van der Waals surface area (Å²) in [5.41, 5.74) is 2.42. The Bertz CT molecular complexity index is 1170. The Kier molecular flexibility index (Phi) is 5.64. The van der Waals surface area contributed by atoms with Gasteiger partial charge in [0.25, 0.3) is 6.43 Å². The van der Waals surface area contributed by atoms with E-state index in [9.17, 15) is 13.6 Å². The molecule has 33 heavy (non-hydrogen) atoms. The van der Waals surface area contributed by atoms with Crippen LogP contribution >= 0.6 is 0 Å². The molecule has 0 aliphatic carbocycles. The number of fused-ring (bicyclic) bond motifs is 3. The van der Waals surface area contributed by atoms with Gasteiger partial charge in [-0.2, -0.15) is 0 Å². The molecule has 0 amide bonds. The summed E-state index contributed by atoms with van der Waals surface area (Å²) in [4.78, 5) is 18.1. The van der Waals surface area contributed by atoms with Gasteiger partial charge in [0.2, 0.25) is 0 Å². The number of hydrogen-bond donors (Lipinski definition) is 1. The fraction of sp³-hybridized carbons (Fsp3) is 0.400. The molecule has 1 aromatic heterocycles. The van der Waals surface area contributed by atoms with Crippen LogP contribution in [0.4, 0.5) is 23.2 Å².